The average Bonchev–Trinajstić information content (AvgIpc) is 2.26. The number of aromatic nitrogens is 1. The number of aromatic amines is 1. The molecule has 16 heavy (non-hydrogen) atoms. The van der Waals surface area contributed by atoms with Gasteiger partial charge in [0.2, 0.25) is 15.6 Å². The Balaban J connectivity index is 2.78. The van der Waals surface area contributed by atoms with Crippen LogP contribution in [0.15, 0.2) is 28.0 Å². The summed E-state index contributed by atoms with van der Waals surface area (Å²) in [6, 6.07) is 2.41. The molecule has 0 saturated carbocycles. The van der Waals surface area contributed by atoms with Crippen LogP contribution in [-0.4, -0.2) is 33.2 Å². The van der Waals surface area contributed by atoms with E-state index in [9.17, 15) is 13.2 Å². The predicted octanol–water partition coefficient (Wildman–Crippen LogP) is -0.312. The van der Waals surface area contributed by atoms with Gasteiger partial charge in [0.15, 0.2) is 0 Å². The Bertz CT molecular complexity index is 474. The Labute approximate surface area is 93.7 Å². The number of nitrogens with one attached hydrogen (secondary N) is 2. The SMILES string of the molecule is COC(C)CNS(=O)(=O)c1ccc(=O)[nH]c1. The van der Waals surface area contributed by atoms with Crippen molar-refractivity contribution in [3.63, 3.8) is 0 Å². The van der Waals surface area contributed by atoms with Gasteiger partial charge in [-0.2, -0.15) is 0 Å². The fourth-order valence-corrected chi connectivity index (χ4v) is 2.04. The number of ether oxygens (including phenoxy) is 1. The zero-order chi connectivity index (χ0) is 12.2. The van der Waals surface area contributed by atoms with E-state index in [-0.39, 0.29) is 23.1 Å². The maximum absolute atomic E-state index is 11.7. The summed E-state index contributed by atoms with van der Waals surface area (Å²) in [7, 11) is -2.08. The van der Waals surface area contributed by atoms with Crippen LogP contribution in [0.2, 0.25) is 0 Å². The van der Waals surface area contributed by atoms with Crippen LogP contribution in [-0.2, 0) is 14.8 Å². The van der Waals surface area contributed by atoms with Gasteiger partial charge >= 0.3 is 0 Å². The summed E-state index contributed by atoms with van der Waals surface area (Å²) in [4.78, 5) is 13.1. The molecule has 2 N–H and O–H groups in total. The van der Waals surface area contributed by atoms with Gasteiger partial charge in [0.05, 0.1) is 11.0 Å². The van der Waals surface area contributed by atoms with Crippen LogP contribution in [0.5, 0.6) is 0 Å². The van der Waals surface area contributed by atoms with Gasteiger partial charge in [-0.3, -0.25) is 4.79 Å². The lowest BCUT2D eigenvalue weighted by atomic mass is 10.4. The van der Waals surface area contributed by atoms with E-state index in [1.807, 2.05) is 0 Å². The Morgan fingerprint density at radius 3 is 2.69 bits per heavy atom. The van der Waals surface area contributed by atoms with Gasteiger partial charge in [-0.15, -0.1) is 0 Å². The molecule has 0 aliphatic carbocycles. The number of pyridine rings is 1. The highest BCUT2D eigenvalue weighted by Crippen LogP contribution is 2.03. The van der Waals surface area contributed by atoms with Gasteiger partial charge < -0.3 is 9.72 Å². The van der Waals surface area contributed by atoms with Crippen LogP contribution in [0, 0.1) is 0 Å². The van der Waals surface area contributed by atoms with Crippen molar-refractivity contribution in [3.05, 3.63) is 28.7 Å². The quantitative estimate of drug-likeness (QED) is 0.745. The molecule has 0 amide bonds. The van der Waals surface area contributed by atoms with Crippen LogP contribution in [0.1, 0.15) is 6.92 Å². The molecule has 7 heteroatoms. The molecule has 0 saturated heterocycles. The van der Waals surface area contributed by atoms with Gasteiger partial charge in [-0.05, 0) is 13.0 Å². The fourth-order valence-electron chi connectivity index (χ4n) is 0.957. The molecule has 0 spiro atoms. The highest BCUT2D eigenvalue weighted by atomic mass is 32.2. The standard InChI is InChI=1S/C9H14N2O4S/c1-7(15-2)5-11-16(13,14)8-3-4-9(12)10-6-8/h3-4,6-7,11H,5H2,1-2H3,(H,10,12). The molecule has 1 aromatic rings. The first-order chi connectivity index (χ1) is 7.45. The summed E-state index contributed by atoms with van der Waals surface area (Å²) in [5.74, 6) is 0. The molecule has 1 atom stereocenters. The molecule has 1 unspecified atom stereocenters. The van der Waals surface area contributed by atoms with Crippen molar-refractivity contribution in [1.82, 2.24) is 9.71 Å². The number of hydrogen-bond donors (Lipinski definition) is 2. The largest absolute Gasteiger partial charge is 0.380 e. The third-order valence-corrected chi connectivity index (χ3v) is 3.45. The molecule has 0 bridgehead atoms. The second-order valence-corrected chi connectivity index (χ2v) is 5.05. The Morgan fingerprint density at radius 1 is 1.50 bits per heavy atom. The lowest BCUT2D eigenvalue weighted by Crippen LogP contribution is -2.31. The fraction of sp³-hybridized carbons (Fsp3) is 0.444. The minimum atomic E-state index is -3.58. The summed E-state index contributed by atoms with van der Waals surface area (Å²) in [5.41, 5.74) is -0.343. The maximum Gasteiger partial charge on any atom is 0.247 e. The molecule has 90 valence electrons. The molecule has 0 aliphatic heterocycles. The summed E-state index contributed by atoms with van der Waals surface area (Å²) in [5, 5.41) is 0. The third-order valence-electron chi connectivity index (χ3n) is 2.03. The molecule has 1 rings (SSSR count). The first-order valence-electron chi connectivity index (χ1n) is 4.67. The second kappa shape index (κ2) is 5.24. The number of H-pyrrole nitrogens is 1. The van der Waals surface area contributed by atoms with Crippen molar-refractivity contribution in [2.75, 3.05) is 13.7 Å². The van der Waals surface area contributed by atoms with E-state index in [2.05, 4.69) is 9.71 Å². The summed E-state index contributed by atoms with van der Waals surface area (Å²) in [6.07, 6.45) is 0.944. The van der Waals surface area contributed by atoms with Crippen LogP contribution in [0.3, 0.4) is 0 Å². The highest BCUT2D eigenvalue weighted by Gasteiger charge is 2.14. The van der Waals surface area contributed by atoms with Crippen molar-refractivity contribution < 1.29 is 13.2 Å². The van der Waals surface area contributed by atoms with E-state index in [1.54, 1.807) is 6.92 Å². The third kappa shape index (κ3) is 3.44. The minimum Gasteiger partial charge on any atom is -0.380 e. The van der Waals surface area contributed by atoms with Crippen molar-refractivity contribution in [1.29, 1.82) is 0 Å². The molecule has 1 heterocycles. The highest BCUT2D eigenvalue weighted by molar-refractivity contribution is 7.89. The summed E-state index contributed by atoms with van der Waals surface area (Å²) < 4.78 is 30.6. The zero-order valence-electron chi connectivity index (χ0n) is 9.06. The molecule has 1 aromatic heterocycles. The van der Waals surface area contributed by atoms with Crippen LogP contribution >= 0.6 is 0 Å². The van der Waals surface area contributed by atoms with Crippen molar-refractivity contribution in [3.8, 4) is 0 Å². The smallest absolute Gasteiger partial charge is 0.247 e. The molecule has 6 nitrogen and oxygen atoms in total. The topological polar surface area (TPSA) is 88.3 Å². The average molecular weight is 246 g/mol. The van der Waals surface area contributed by atoms with E-state index in [0.29, 0.717) is 0 Å². The normalized spacial score (nSPS) is 13.6. The first-order valence-corrected chi connectivity index (χ1v) is 6.15. The van der Waals surface area contributed by atoms with Gasteiger partial charge in [0, 0.05) is 25.9 Å². The molecular formula is C9H14N2O4S. The summed E-state index contributed by atoms with van der Waals surface area (Å²) >= 11 is 0. The van der Waals surface area contributed by atoms with Crippen LogP contribution < -0.4 is 10.3 Å². The van der Waals surface area contributed by atoms with Gasteiger partial charge in [-0.1, -0.05) is 0 Å². The summed E-state index contributed by atoms with van der Waals surface area (Å²) in [6.45, 7) is 1.92. The number of methoxy groups -OCH3 is 1. The second-order valence-electron chi connectivity index (χ2n) is 3.29. The number of rotatable bonds is 5. The maximum atomic E-state index is 11.7. The molecule has 0 radical (unpaired) electrons. The van der Waals surface area contributed by atoms with E-state index < -0.39 is 10.0 Å². The van der Waals surface area contributed by atoms with Crippen LogP contribution in [0.25, 0.3) is 0 Å². The first kappa shape index (κ1) is 12.9. The molecule has 0 aromatic carbocycles. The Morgan fingerprint density at radius 2 is 2.19 bits per heavy atom. The van der Waals surface area contributed by atoms with E-state index in [0.717, 1.165) is 12.3 Å². The predicted molar refractivity (Wildman–Crippen MR) is 58.7 cm³/mol. The van der Waals surface area contributed by atoms with Gasteiger partial charge in [-0.25, -0.2) is 13.1 Å². The van der Waals surface area contributed by atoms with E-state index in [4.69, 9.17) is 4.74 Å². The Hall–Kier alpha value is -1.18. The molecular weight excluding hydrogens is 232 g/mol. The number of sulfonamides is 1. The van der Waals surface area contributed by atoms with E-state index >= 15 is 0 Å². The minimum absolute atomic E-state index is 0.0235. The van der Waals surface area contributed by atoms with Crippen LogP contribution in [0.4, 0.5) is 0 Å². The lowest BCUT2D eigenvalue weighted by Gasteiger charge is -2.10. The lowest BCUT2D eigenvalue weighted by molar-refractivity contribution is 0.122. The Kier molecular flexibility index (Phi) is 4.22. The monoisotopic (exact) mass is 246 g/mol. The van der Waals surface area contributed by atoms with Crippen molar-refractivity contribution in [2.45, 2.75) is 17.9 Å². The zero-order valence-corrected chi connectivity index (χ0v) is 9.87. The van der Waals surface area contributed by atoms with Crippen molar-refractivity contribution in [2.24, 2.45) is 0 Å². The molecule has 0 aliphatic rings. The number of hydrogen-bond acceptors (Lipinski definition) is 4. The van der Waals surface area contributed by atoms with Gasteiger partial charge in [0.25, 0.3) is 0 Å². The molecule has 0 fully saturated rings. The van der Waals surface area contributed by atoms with Crippen molar-refractivity contribution >= 4 is 10.0 Å². The van der Waals surface area contributed by atoms with E-state index in [1.165, 1.54) is 13.2 Å². The van der Waals surface area contributed by atoms with Gasteiger partial charge in [0.1, 0.15) is 0 Å².